The van der Waals surface area contributed by atoms with E-state index >= 15 is 0 Å². The van der Waals surface area contributed by atoms with Gasteiger partial charge in [-0.3, -0.25) is 4.57 Å². The summed E-state index contributed by atoms with van der Waals surface area (Å²) < 4.78 is 16.4. The van der Waals surface area contributed by atoms with Crippen molar-refractivity contribution in [2.24, 2.45) is 0 Å². The maximum atomic E-state index is 10.7. The summed E-state index contributed by atoms with van der Waals surface area (Å²) in [5.41, 5.74) is 0. The first kappa shape index (κ1) is 22.2. The Hall–Kier alpha value is -0.830. The summed E-state index contributed by atoms with van der Waals surface area (Å²) in [6.07, 6.45) is 14.1. The standard InChI is InChI=1S/C20H35O4P/c21-25(22,23)19-15-10-8-6-4-2-1-3-5-7-9-14-18-24-20-16-12-11-13-17-20/h11-13,16-17H,1-10,14-15,18-19H2,(H2,21,22,23). The lowest BCUT2D eigenvalue weighted by Gasteiger charge is -2.06. The molecule has 0 aliphatic heterocycles. The van der Waals surface area contributed by atoms with Gasteiger partial charge in [0.1, 0.15) is 5.75 Å². The largest absolute Gasteiger partial charge is 0.494 e. The minimum Gasteiger partial charge on any atom is -0.494 e. The molecule has 0 atom stereocenters. The molecule has 0 saturated carbocycles. The minimum absolute atomic E-state index is 0.0450. The van der Waals surface area contributed by atoms with Crippen molar-refractivity contribution < 1.29 is 19.1 Å². The predicted molar refractivity (Wildman–Crippen MR) is 104 cm³/mol. The molecule has 0 saturated heterocycles. The highest BCUT2D eigenvalue weighted by atomic mass is 31.2. The van der Waals surface area contributed by atoms with E-state index in [2.05, 4.69) is 0 Å². The van der Waals surface area contributed by atoms with Gasteiger partial charge >= 0.3 is 7.60 Å². The number of para-hydroxylation sites is 1. The average Bonchev–Trinajstić information content (AvgIpc) is 2.58. The van der Waals surface area contributed by atoms with E-state index in [1.165, 1.54) is 51.4 Å². The monoisotopic (exact) mass is 370 g/mol. The molecule has 0 radical (unpaired) electrons. The van der Waals surface area contributed by atoms with Crippen LogP contribution in [0.1, 0.15) is 77.0 Å². The fourth-order valence-electron chi connectivity index (χ4n) is 2.89. The van der Waals surface area contributed by atoms with E-state index in [0.717, 1.165) is 31.6 Å². The Labute approximate surface area is 153 Å². The summed E-state index contributed by atoms with van der Waals surface area (Å²) in [5.74, 6) is 0.962. The SMILES string of the molecule is O=P(O)(O)CCCCCCCCCCCCCCOc1ccccc1. The van der Waals surface area contributed by atoms with Crippen LogP contribution in [-0.2, 0) is 4.57 Å². The van der Waals surface area contributed by atoms with Crippen molar-refractivity contribution in [2.75, 3.05) is 12.8 Å². The summed E-state index contributed by atoms with van der Waals surface area (Å²) in [6.45, 7) is 0.812. The molecule has 0 aromatic heterocycles. The number of hydrogen-bond acceptors (Lipinski definition) is 2. The zero-order valence-corrected chi connectivity index (χ0v) is 16.3. The van der Waals surface area contributed by atoms with Crippen LogP contribution in [0.4, 0.5) is 0 Å². The number of rotatable bonds is 16. The van der Waals surface area contributed by atoms with E-state index in [1.807, 2.05) is 30.3 Å². The molecule has 5 heteroatoms. The first-order valence-corrected chi connectivity index (χ1v) is 11.6. The molecule has 0 bridgehead atoms. The fourth-order valence-corrected chi connectivity index (χ4v) is 3.53. The second-order valence-electron chi connectivity index (χ2n) is 6.79. The summed E-state index contributed by atoms with van der Waals surface area (Å²) in [6, 6.07) is 9.99. The third kappa shape index (κ3) is 15.2. The third-order valence-electron chi connectivity index (χ3n) is 4.36. The van der Waals surface area contributed by atoms with Crippen LogP contribution >= 0.6 is 7.60 Å². The first-order chi connectivity index (χ1) is 12.1. The summed E-state index contributed by atoms with van der Waals surface area (Å²) in [5, 5.41) is 0. The van der Waals surface area contributed by atoms with E-state index in [0.29, 0.717) is 6.42 Å². The van der Waals surface area contributed by atoms with E-state index in [4.69, 9.17) is 14.5 Å². The molecule has 0 amide bonds. The summed E-state index contributed by atoms with van der Waals surface area (Å²) in [4.78, 5) is 17.5. The van der Waals surface area contributed by atoms with Crippen molar-refractivity contribution in [3.05, 3.63) is 30.3 Å². The van der Waals surface area contributed by atoms with Gasteiger partial charge in [-0.2, -0.15) is 0 Å². The molecule has 2 N–H and O–H groups in total. The van der Waals surface area contributed by atoms with Gasteiger partial charge in [-0.15, -0.1) is 0 Å². The topological polar surface area (TPSA) is 66.8 Å². The maximum absolute atomic E-state index is 10.7. The van der Waals surface area contributed by atoms with Crippen molar-refractivity contribution >= 4 is 7.60 Å². The highest BCUT2D eigenvalue weighted by Crippen LogP contribution is 2.35. The number of hydrogen-bond donors (Lipinski definition) is 2. The van der Waals surface area contributed by atoms with Gasteiger partial charge in [-0.25, -0.2) is 0 Å². The zero-order chi connectivity index (χ0) is 18.2. The van der Waals surface area contributed by atoms with E-state index < -0.39 is 7.60 Å². The lowest BCUT2D eigenvalue weighted by Crippen LogP contribution is -1.96. The van der Waals surface area contributed by atoms with Crippen LogP contribution in [0.2, 0.25) is 0 Å². The van der Waals surface area contributed by atoms with Gasteiger partial charge in [0.2, 0.25) is 0 Å². The van der Waals surface area contributed by atoms with Crippen molar-refractivity contribution in [3.63, 3.8) is 0 Å². The summed E-state index contributed by atoms with van der Waals surface area (Å²) in [7, 11) is -3.77. The maximum Gasteiger partial charge on any atom is 0.325 e. The Balaban J connectivity index is 1.74. The normalized spacial score (nSPS) is 11.6. The Bertz CT molecular complexity index is 458. The van der Waals surface area contributed by atoms with Crippen LogP contribution in [0.5, 0.6) is 5.75 Å². The molecule has 1 rings (SSSR count). The lowest BCUT2D eigenvalue weighted by molar-refractivity contribution is 0.304. The average molecular weight is 370 g/mol. The van der Waals surface area contributed by atoms with Gasteiger partial charge in [0.05, 0.1) is 6.61 Å². The number of unbranched alkanes of at least 4 members (excludes halogenated alkanes) is 11. The molecule has 0 spiro atoms. The molecule has 0 aliphatic rings. The predicted octanol–water partition coefficient (Wildman–Crippen LogP) is 5.92. The Morgan fingerprint density at radius 3 is 1.60 bits per heavy atom. The molecule has 0 fully saturated rings. The number of ether oxygens (including phenoxy) is 1. The van der Waals surface area contributed by atoms with Gasteiger partial charge in [0, 0.05) is 6.16 Å². The van der Waals surface area contributed by atoms with Crippen LogP contribution in [-0.4, -0.2) is 22.6 Å². The van der Waals surface area contributed by atoms with Crippen molar-refractivity contribution in [3.8, 4) is 5.75 Å². The van der Waals surface area contributed by atoms with Gasteiger partial charge in [0.15, 0.2) is 0 Å². The Morgan fingerprint density at radius 1 is 0.680 bits per heavy atom. The summed E-state index contributed by atoms with van der Waals surface area (Å²) >= 11 is 0. The molecule has 0 unspecified atom stereocenters. The van der Waals surface area contributed by atoms with Gasteiger partial charge in [-0.05, 0) is 25.0 Å². The van der Waals surface area contributed by atoms with Crippen molar-refractivity contribution in [1.82, 2.24) is 0 Å². The molecule has 0 aliphatic carbocycles. The minimum atomic E-state index is -3.77. The molecular formula is C20H35O4P. The molecular weight excluding hydrogens is 335 g/mol. The highest BCUT2D eigenvalue weighted by molar-refractivity contribution is 7.51. The second-order valence-corrected chi connectivity index (χ2v) is 8.57. The van der Waals surface area contributed by atoms with Crippen molar-refractivity contribution in [1.29, 1.82) is 0 Å². The zero-order valence-electron chi connectivity index (χ0n) is 15.4. The van der Waals surface area contributed by atoms with Crippen LogP contribution in [0.3, 0.4) is 0 Å². The Kier molecular flexibility index (Phi) is 12.8. The van der Waals surface area contributed by atoms with E-state index in [-0.39, 0.29) is 6.16 Å². The van der Waals surface area contributed by atoms with Gasteiger partial charge in [0.25, 0.3) is 0 Å². The molecule has 1 aromatic carbocycles. The quantitative estimate of drug-likeness (QED) is 0.280. The highest BCUT2D eigenvalue weighted by Gasteiger charge is 2.10. The lowest BCUT2D eigenvalue weighted by atomic mass is 10.1. The Morgan fingerprint density at radius 2 is 1.12 bits per heavy atom. The second kappa shape index (κ2) is 14.4. The molecule has 4 nitrogen and oxygen atoms in total. The molecule has 0 heterocycles. The first-order valence-electron chi connectivity index (χ1n) is 9.80. The van der Waals surface area contributed by atoms with Gasteiger partial charge < -0.3 is 14.5 Å². The third-order valence-corrected chi connectivity index (χ3v) is 5.25. The number of benzene rings is 1. The smallest absolute Gasteiger partial charge is 0.325 e. The fraction of sp³-hybridized carbons (Fsp3) is 0.700. The van der Waals surface area contributed by atoms with Crippen molar-refractivity contribution in [2.45, 2.75) is 77.0 Å². The van der Waals surface area contributed by atoms with Crippen LogP contribution in [0.15, 0.2) is 30.3 Å². The van der Waals surface area contributed by atoms with Crippen LogP contribution < -0.4 is 4.74 Å². The van der Waals surface area contributed by atoms with E-state index in [1.54, 1.807) is 0 Å². The van der Waals surface area contributed by atoms with Crippen LogP contribution in [0.25, 0.3) is 0 Å². The van der Waals surface area contributed by atoms with Crippen LogP contribution in [0, 0.1) is 0 Å². The molecule has 1 aromatic rings. The van der Waals surface area contributed by atoms with Gasteiger partial charge in [-0.1, -0.05) is 82.4 Å². The molecule has 25 heavy (non-hydrogen) atoms. The van der Waals surface area contributed by atoms with E-state index in [9.17, 15) is 4.57 Å². The molecule has 144 valence electrons.